The van der Waals surface area contributed by atoms with Gasteiger partial charge in [0.1, 0.15) is 0 Å². The van der Waals surface area contributed by atoms with Crippen LogP contribution in [0.3, 0.4) is 0 Å². The first-order chi connectivity index (χ1) is 25.2. The lowest BCUT2D eigenvalue weighted by atomic mass is 9.48. The summed E-state index contributed by atoms with van der Waals surface area (Å²) < 4.78 is 3.01. The summed E-state index contributed by atoms with van der Waals surface area (Å²) in [5.41, 5.74) is 5.78. The second-order valence-electron chi connectivity index (χ2n) is 17.2. The van der Waals surface area contributed by atoms with Crippen molar-refractivity contribution in [2.45, 2.75) is 91.7 Å². The largest absolute Gasteiger partial charge is 0.476 e. The average molecular weight is 734 g/mol. The van der Waals surface area contributed by atoms with E-state index in [0.29, 0.717) is 29.5 Å². The number of fused-ring (bicyclic) bond motifs is 4. The molecule has 3 atom stereocenters. The maximum Gasteiger partial charge on any atom is 0.355 e. The Bertz CT molecular complexity index is 2230. The molecule has 4 N–H and O–H groups in total. The fourth-order valence-electron chi connectivity index (χ4n) is 10.6. The van der Waals surface area contributed by atoms with Crippen LogP contribution in [0, 0.1) is 23.2 Å². The van der Waals surface area contributed by atoms with Crippen molar-refractivity contribution >= 4 is 44.4 Å². The van der Waals surface area contributed by atoms with Crippen molar-refractivity contribution in [3.63, 3.8) is 0 Å². The number of aromatic carboxylic acids is 1. The number of hydrogen-bond acceptors (Lipinski definition) is 8. The summed E-state index contributed by atoms with van der Waals surface area (Å²) in [7, 11) is 0. The Kier molecular flexibility index (Phi) is 8.51. The highest BCUT2D eigenvalue weighted by Gasteiger charge is 2.58. The van der Waals surface area contributed by atoms with Crippen LogP contribution in [-0.2, 0) is 17.8 Å². The second kappa shape index (κ2) is 12.7. The number of nitrogens with zero attached hydrogens (tertiary/aromatic N) is 5. The SMILES string of the molecule is Cc1c(-c2ccc(-c3ccc4c(c3)N(C(=O)Nc3nc5ccccc5s3)CCC4)nc2C(=O)O)cnn1CC1(C)CC2(C)CC(C)(C)CC(ON)(C1)C2. The van der Waals surface area contributed by atoms with E-state index in [1.807, 2.05) is 66.2 Å². The minimum Gasteiger partial charge on any atom is -0.476 e. The zero-order chi connectivity index (χ0) is 37.3. The zero-order valence-corrected chi connectivity index (χ0v) is 31.8. The molecule has 8 rings (SSSR count). The van der Waals surface area contributed by atoms with Gasteiger partial charge in [0.15, 0.2) is 10.8 Å². The molecule has 2 aliphatic carbocycles. The predicted octanol–water partition coefficient (Wildman–Crippen LogP) is 8.86. The second-order valence-corrected chi connectivity index (χ2v) is 18.2. The molecule has 1 aliphatic heterocycles. The smallest absolute Gasteiger partial charge is 0.355 e. The van der Waals surface area contributed by atoms with Gasteiger partial charge in [-0.3, -0.25) is 19.7 Å². The molecule has 276 valence electrons. The van der Waals surface area contributed by atoms with Crippen molar-refractivity contribution < 1.29 is 19.5 Å². The molecule has 11 nitrogen and oxygen atoms in total. The first-order valence-electron chi connectivity index (χ1n) is 18.4. The Hall–Kier alpha value is -4.65. The third kappa shape index (κ3) is 6.61. The van der Waals surface area contributed by atoms with E-state index >= 15 is 0 Å². The van der Waals surface area contributed by atoms with Gasteiger partial charge in [0.2, 0.25) is 0 Å². The number of carbonyl (C=O) groups is 2. The lowest BCUT2D eigenvalue weighted by Gasteiger charge is -2.60. The molecule has 2 aromatic carbocycles. The van der Waals surface area contributed by atoms with Crippen molar-refractivity contribution in [2.75, 3.05) is 16.8 Å². The van der Waals surface area contributed by atoms with Crippen LogP contribution in [0.15, 0.2) is 60.8 Å². The summed E-state index contributed by atoms with van der Waals surface area (Å²) in [4.78, 5) is 43.2. The van der Waals surface area contributed by atoms with E-state index in [9.17, 15) is 14.7 Å². The summed E-state index contributed by atoms with van der Waals surface area (Å²) in [6.45, 7) is 12.5. The zero-order valence-electron chi connectivity index (χ0n) is 31.0. The number of carbonyl (C=O) groups excluding carboxylic acids is 1. The maximum absolute atomic E-state index is 13.6. The molecule has 2 amide bonds. The molecule has 4 heterocycles. The van der Waals surface area contributed by atoms with Crippen LogP contribution in [0.4, 0.5) is 15.6 Å². The first-order valence-corrected chi connectivity index (χ1v) is 19.2. The molecule has 2 bridgehead atoms. The van der Waals surface area contributed by atoms with Crippen LogP contribution >= 0.6 is 11.3 Å². The summed E-state index contributed by atoms with van der Waals surface area (Å²) in [5, 5.41) is 18.8. The molecule has 5 aromatic rings. The highest BCUT2D eigenvalue weighted by atomic mass is 32.1. The van der Waals surface area contributed by atoms with Crippen molar-refractivity contribution in [1.82, 2.24) is 19.7 Å². The fraction of sp³-hybridized carbons (Fsp3) is 0.439. The highest BCUT2D eigenvalue weighted by Crippen LogP contribution is 2.63. The van der Waals surface area contributed by atoms with E-state index in [1.165, 1.54) is 11.3 Å². The van der Waals surface area contributed by atoms with E-state index in [1.54, 1.807) is 11.1 Å². The number of pyridine rings is 1. The summed E-state index contributed by atoms with van der Waals surface area (Å²) in [6.07, 6.45) is 8.29. The van der Waals surface area contributed by atoms with E-state index in [2.05, 4.69) is 38.0 Å². The monoisotopic (exact) mass is 733 g/mol. The van der Waals surface area contributed by atoms with Crippen LogP contribution in [-0.4, -0.2) is 49.0 Å². The minimum absolute atomic E-state index is 0.0445. The van der Waals surface area contributed by atoms with Crippen LogP contribution in [0.25, 0.3) is 32.6 Å². The topological polar surface area (TPSA) is 148 Å². The van der Waals surface area contributed by atoms with Crippen LogP contribution < -0.4 is 16.1 Å². The number of hydrogen-bond donors (Lipinski definition) is 3. The lowest BCUT2D eigenvalue weighted by Crippen LogP contribution is -2.58. The van der Waals surface area contributed by atoms with Crippen molar-refractivity contribution in [2.24, 2.45) is 22.1 Å². The quantitative estimate of drug-likeness (QED) is 0.141. The number of anilines is 2. The Morgan fingerprint density at radius 3 is 2.57 bits per heavy atom. The van der Waals surface area contributed by atoms with E-state index in [-0.39, 0.29) is 33.6 Å². The van der Waals surface area contributed by atoms with Crippen molar-refractivity contribution in [3.8, 4) is 22.4 Å². The van der Waals surface area contributed by atoms with E-state index in [4.69, 9.17) is 20.8 Å². The van der Waals surface area contributed by atoms with Crippen LogP contribution in [0.2, 0.25) is 0 Å². The number of amides is 2. The van der Waals surface area contributed by atoms with Crippen molar-refractivity contribution in [1.29, 1.82) is 0 Å². The maximum atomic E-state index is 13.6. The molecule has 3 aliphatic rings. The Morgan fingerprint density at radius 1 is 0.981 bits per heavy atom. The Balaban J connectivity index is 1.06. The summed E-state index contributed by atoms with van der Waals surface area (Å²) in [6, 6.07) is 17.1. The van der Waals surface area contributed by atoms with Gasteiger partial charge < -0.3 is 5.11 Å². The number of urea groups is 1. The number of benzene rings is 2. The molecular weight excluding hydrogens is 687 g/mol. The third-order valence-electron chi connectivity index (χ3n) is 11.6. The standard InChI is InChI=1S/C41H47N7O4S/c1-25-29(18-43-48(25)24-40(5)21-39(4)19-38(2,3)20-41(22-39,23-40)52-42)28-14-15-30(44-34(28)35(49)50)27-13-12-26-9-8-16-47(32(26)17-27)37(51)46-36-45-31-10-6-7-11-33(31)53-36/h6-7,10-15,17-18H,8-9,16,19-24,42H2,1-5H3,(H,49,50)(H,45,46,51). The van der Waals surface area contributed by atoms with Gasteiger partial charge in [0, 0.05) is 41.2 Å². The molecule has 3 unspecified atom stereocenters. The van der Waals surface area contributed by atoms with Gasteiger partial charge in [-0.2, -0.15) is 5.10 Å². The van der Waals surface area contributed by atoms with Crippen LogP contribution in [0.1, 0.15) is 88.0 Å². The molecule has 0 spiro atoms. The molecule has 0 saturated heterocycles. The van der Waals surface area contributed by atoms with Gasteiger partial charge >= 0.3 is 12.0 Å². The number of thiazole rings is 1. The molecule has 2 fully saturated rings. The normalized spacial score (nSPS) is 24.9. The summed E-state index contributed by atoms with van der Waals surface area (Å²) >= 11 is 1.44. The Labute approximate surface area is 313 Å². The number of carboxylic acid groups (broad SMARTS) is 1. The minimum atomic E-state index is -1.12. The highest BCUT2D eigenvalue weighted by molar-refractivity contribution is 7.22. The molecule has 53 heavy (non-hydrogen) atoms. The number of para-hydroxylation sites is 1. The van der Waals surface area contributed by atoms with Gasteiger partial charge in [0.05, 0.1) is 27.7 Å². The number of aromatic nitrogens is 4. The summed E-state index contributed by atoms with van der Waals surface area (Å²) in [5.74, 6) is 4.92. The number of aryl methyl sites for hydroxylation is 1. The number of nitrogens with one attached hydrogen (secondary N) is 1. The number of nitrogens with two attached hydrogens (primary N) is 1. The first kappa shape index (κ1) is 35.4. The number of carboxylic acids is 1. The fourth-order valence-corrected chi connectivity index (χ4v) is 11.5. The molecular formula is C41H47N7O4S. The molecule has 12 heteroatoms. The van der Waals surface area contributed by atoms with Gasteiger partial charge in [-0.1, -0.05) is 63.3 Å². The van der Waals surface area contributed by atoms with Crippen molar-refractivity contribution in [3.05, 3.63) is 77.7 Å². The lowest BCUT2D eigenvalue weighted by molar-refractivity contribution is -0.196. The average Bonchev–Trinajstić information content (AvgIpc) is 3.67. The predicted molar refractivity (Wildman–Crippen MR) is 208 cm³/mol. The Morgan fingerprint density at radius 2 is 1.79 bits per heavy atom. The molecule has 3 aromatic heterocycles. The molecule has 2 saturated carbocycles. The molecule has 0 radical (unpaired) electrons. The van der Waals surface area contributed by atoms with E-state index < -0.39 is 5.97 Å². The van der Waals surface area contributed by atoms with Crippen LogP contribution in [0.5, 0.6) is 0 Å². The van der Waals surface area contributed by atoms with Gasteiger partial charge in [0.25, 0.3) is 0 Å². The van der Waals surface area contributed by atoms with E-state index in [0.717, 1.165) is 83.2 Å². The number of rotatable bonds is 7. The van der Waals surface area contributed by atoms with Gasteiger partial charge in [-0.15, -0.1) is 0 Å². The van der Waals surface area contributed by atoms with Gasteiger partial charge in [-0.25, -0.2) is 25.5 Å². The third-order valence-corrected chi connectivity index (χ3v) is 12.5. The van der Waals surface area contributed by atoms with Gasteiger partial charge in [-0.05, 0) is 104 Å².